The lowest BCUT2D eigenvalue weighted by Gasteiger charge is -2.29. The summed E-state index contributed by atoms with van der Waals surface area (Å²) >= 11 is 0. The fourth-order valence-electron chi connectivity index (χ4n) is 4.24. The van der Waals surface area contributed by atoms with Crippen LogP contribution in [0, 0.1) is 12.7 Å². The van der Waals surface area contributed by atoms with E-state index >= 15 is 0 Å². The number of nitrogens with zero attached hydrogens (tertiary/aromatic N) is 2. The van der Waals surface area contributed by atoms with Crippen LogP contribution in [0.4, 0.5) is 20.6 Å². The number of cyclic esters (lactones) is 1. The van der Waals surface area contributed by atoms with Gasteiger partial charge in [0.25, 0.3) is 5.91 Å². The van der Waals surface area contributed by atoms with E-state index in [4.69, 9.17) is 13.9 Å². The van der Waals surface area contributed by atoms with E-state index in [2.05, 4.69) is 5.32 Å². The normalized spacial score (nSPS) is 18.6. The zero-order valence-electron chi connectivity index (χ0n) is 18.2. The summed E-state index contributed by atoms with van der Waals surface area (Å²) < 4.78 is 31.1. The lowest BCUT2D eigenvalue weighted by molar-refractivity contribution is 0.0890. The Morgan fingerprint density at radius 2 is 1.97 bits per heavy atom. The summed E-state index contributed by atoms with van der Waals surface area (Å²) in [5.41, 5.74) is 2.29. The topological polar surface area (TPSA) is 84.2 Å². The molecule has 8 nitrogen and oxygen atoms in total. The number of ether oxygens (including phenoxy) is 2. The Bertz CT molecular complexity index is 1200. The van der Waals surface area contributed by atoms with Crippen LogP contribution < -0.4 is 15.1 Å². The Morgan fingerprint density at radius 3 is 2.73 bits per heavy atom. The van der Waals surface area contributed by atoms with Crippen LogP contribution >= 0.6 is 0 Å². The largest absolute Gasteiger partial charge is 0.451 e. The van der Waals surface area contributed by atoms with Crippen molar-refractivity contribution in [1.29, 1.82) is 0 Å². The molecule has 1 N–H and O–H groups in total. The van der Waals surface area contributed by atoms with E-state index in [1.54, 1.807) is 18.2 Å². The predicted molar refractivity (Wildman–Crippen MR) is 120 cm³/mol. The van der Waals surface area contributed by atoms with Crippen molar-refractivity contribution in [2.45, 2.75) is 13.0 Å². The van der Waals surface area contributed by atoms with Crippen LogP contribution in [-0.2, 0) is 9.47 Å². The number of aryl methyl sites for hydroxylation is 1. The fourth-order valence-corrected chi connectivity index (χ4v) is 4.24. The van der Waals surface area contributed by atoms with Gasteiger partial charge < -0.3 is 24.1 Å². The number of carbonyl (C=O) groups is 2. The Morgan fingerprint density at radius 1 is 1.18 bits per heavy atom. The number of benzene rings is 2. The van der Waals surface area contributed by atoms with E-state index in [0.29, 0.717) is 43.3 Å². The van der Waals surface area contributed by atoms with Crippen molar-refractivity contribution in [1.82, 2.24) is 5.32 Å². The van der Waals surface area contributed by atoms with E-state index in [-0.39, 0.29) is 24.8 Å². The molecule has 2 aliphatic heterocycles. The van der Waals surface area contributed by atoms with Gasteiger partial charge in [0, 0.05) is 24.0 Å². The zero-order valence-corrected chi connectivity index (χ0v) is 18.2. The van der Waals surface area contributed by atoms with Crippen molar-refractivity contribution in [3.63, 3.8) is 0 Å². The maximum absolute atomic E-state index is 14.8. The Labute approximate surface area is 189 Å². The summed E-state index contributed by atoms with van der Waals surface area (Å²) in [5, 5.41) is 3.65. The number of para-hydroxylation sites is 1. The summed E-state index contributed by atoms with van der Waals surface area (Å²) in [6.07, 6.45) is -1.14. The highest BCUT2D eigenvalue weighted by Crippen LogP contribution is 2.29. The van der Waals surface area contributed by atoms with Gasteiger partial charge in [0.1, 0.15) is 17.5 Å². The van der Waals surface area contributed by atoms with Crippen molar-refractivity contribution in [3.8, 4) is 0 Å². The maximum atomic E-state index is 14.8. The molecule has 2 fully saturated rings. The van der Waals surface area contributed by atoms with Crippen molar-refractivity contribution in [3.05, 3.63) is 59.6 Å². The van der Waals surface area contributed by atoms with E-state index in [1.165, 1.54) is 11.0 Å². The standard InChI is InChI=1S/C24H24FN3O5/c1-15-18-4-2-3-5-21(18)33-22(15)23(29)26-13-17-14-28(24(30)32-17)16-6-7-20(19(25)12-16)27-8-10-31-11-9-27/h2-7,12,17H,8-11,13-14H2,1H3,(H,26,29)/t17-/m0/s1. The first kappa shape index (κ1) is 21.3. The first-order chi connectivity index (χ1) is 16.0. The number of hydrogen-bond donors (Lipinski definition) is 1. The van der Waals surface area contributed by atoms with E-state index in [9.17, 15) is 14.0 Å². The average Bonchev–Trinajstić information content (AvgIpc) is 3.38. The molecule has 33 heavy (non-hydrogen) atoms. The van der Waals surface area contributed by atoms with Gasteiger partial charge in [0.05, 0.1) is 37.7 Å². The third-order valence-electron chi connectivity index (χ3n) is 6.01. The van der Waals surface area contributed by atoms with Crippen LogP contribution in [-0.4, -0.2) is 57.5 Å². The van der Waals surface area contributed by atoms with Crippen LogP contribution in [0.25, 0.3) is 11.0 Å². The number of halogens is 1. The van der Waals surface area contributed by atoms with Gasteiger partial charge >= 0.3 is 6.09 Å². The highest BCUT2D eigenvalue weighted by Gasteiger charge is 2.33. The monoisotopic (exact) mass is 453 g/mol. The summed E-state index contributed by atoms with van der Waals surface area (Å²) in [6, 6.07) is 12.1. The van der Waals surface area contributed by atoms with Crippen LogP contribution in [0.3, 0.4) is 0 Å². The number of rotatable bonds is 5. The molecule has 1 aromatic heterocycles. The first-order valence-electron chi connectivity index (χ1n) is 10.9. The number of amides is 2. The van der Waals surface area contributed by atoms with Crippen molar-refractivity contribution >= 4 is 34.3 Å². The van der Waals surface area contributed by atoms with Crippen LogP contribution in [0.5, 0.6) is 0 Å². The number of morpholine rings is 1. The molecule has 0 unspecified atom stereocenters. The van der Waals surface area contributed by atoms with Gasteiger partial charge in [0.2, 0.25) is 0 Å². The molecule has 2 aliphatic rings. The predicted octanol–water partition coefficient (Wildman–Crippen LogP) is 3.47. The summed E-state index contributed by atoms with van der Waals surface area (Å²) in [5.74, 6) is -0.545. The number of nitrogens with one attached hydrogen (secondary N) is 1. The molecule has 0 spiro atoms. The second-order valence-corrected chi connectivity index (χ2v) is 8.11. The second kappa shape index (κ2) is 8.74. The molecule has 0 aliphatic carbocycles. The van der Waals surface area contributed by atoms with Crippen molar-refractivity contribution < 1.29 is 27.9 Å². The molecule has 2 saturated heterocycles. The summed E-state index contributed by atoms with van der Waals surface area (Å²) in [6.45, 7) is 4.50. The molecule has 0 bridgehead atoms. The fraction of sp³-hybridized carbons (Fsp3) is 0.333. The average molecular weight is 453 g/mol. The highest BCUT2D eigenvalue weighted by atomic mass is 19.1. The molecular formula is C24H24FN3O5. The molecule has 3 heterocycles. The van der Waals surface area contributed by atoms with Crippen LogP contribution in [0.2, 0.25) is 0 Å². The Balaban J connectivity index is 1.23. The third kappa shape index (κ3) is 4.11. The van der Waals surface area contributed by atoms with Gasteiger partial charge in [0.15, 0.2) is 5.76 Å². The summed E-state index contributed by atoms with van der Waals surface area (Å²) in [4.78, 5) is 28.3. The molecule has 5 rings (SSSR count). The number of fused-ring (bicyclic) bond motifs is 1. The Kier molecular flexibility index (Phi) is 5.63. The van der Waals surface area contributed by atoms with Gasteiger partial charge in [-0.05, 0) is 31.2 Å². The molecule has 0 radical (unpaired) electrons. The van der Waals surface area contributed by atoms with E-state index in [1.807, 2.05) is 30.0 Å². The molecule has 9 heteroatoms. The summed E-state index contributed by atoms with van der Waals surface area (Å²) in [7, 11) is 0. The highest BCUT2D eigenvalue weighted by molar-refractivity contribution is 5.99. The third-order valence-corrected chi connectivity index (χ3v) is 6.01. The first-order valence-corrected chi connectivity index (χ1v) is 10.9. The van der Waals surface area contributed by atoms with Crippen molar-refractivity contribution in [2.75, 3.05) is 49.2 Å². The van der Waals surface area contributed by atoms with Gasteiger partial charge in [-0.2, -0.15) is 0 Å². The molecular weight excluding hydrogens is 429 g/mol. The minimum Gasteiger partial charge on any atom is -0.451 e. The molecule has 1 atom stereocenters. The second-order valence-electron chi connectivity index (χ2n) is 8.11. The molecule has 172 valence electrons. The minimum absolute atomic E-state index is 0.117. The zero-order chi connectivity index (χ0) is 22.9. The van der Waals surface area contributed by atoms with Gasteiger partial charge in [-0.15, -0.1) is 0 Å². The lowest BCUT2D eigenvalue weighted by atomic mass is 10.1. The van der Waals surface area contributed by atoms with Gasteiger partial charge in [-0.3, -0.25) is 9.69 Å². The number of furan rings is 1. The van der Waals surface area contributed by atoms with Crippen LogP contribution in [0.1, 0.15) is 16.1 Å². The molecule has 2 amide bonds. The van der Waals surface area contributed by atoms with Crippen LogP contribution in [0.15, 0.2) is 46.9 Å². The van der Waals surface area contributed by atoms with Gasteiger partial charge in [-0.25, -0.2) is 9.18 Å². The van der Waals surface area contributed by atoms with Crippen molar-refractivity contribution in [2.24, 2.45) is 0 Å². The number of hydrogen-bond acceptors (Lipinski definition) is 6. The van der Waals surface area contributed by atoms with E-state index < -0.39 is 18.0 Å². The molecule has 3 aromatic rings. The van der Waals surface area contributed by atoms with E-state index in [0.717, 1.165) is 10.9 Å². The minimum atomic E-state index is -0.576. The smallest absolute Gasteiger partial charge is 0.414 e. The number of carbonyl (C=O) groups excluding carboxylic acids is 2. The lowest BCUT2D eigenvalue weighted by Crippen LogP contribution is -2.37. The SMILES string of the molecule is Cc1c(C(=O)NC[C@H]2CN(c3ccc(N4CCOCC4)c(F)c3)C(=O)O2)oc2ccccc12. The quantitative estimate of drug-likeness (QED) is 0.637. The molecule has 0 saturated carbocycles. The Hall–Kier alpha value is -3.59. The molecule has 2 aromatic carbocycles. The number of anilines is 2. The van der Waals surface area contributed by atoms with Gasteiger partial charge in [-0.1, -0.05) is 18.2 Å². The maximum Gasteiger partial charge on any atom is 0.414 e.